The Morgan fingerprint density at radius 2 is 2.00 bits per heavy atom. The summed E-state index contributed by atoms with van der Waals surface area (Å²) in [6, 6.07) is 13.1. The molecule has 1 aromatic heterocycles. The van der Waals surface area contributed by atoms with Crippen LogP contribution in [0.4, 0.5) is 0 Å². The Kier molecular flexibility index (Phi) is 6.11. The lowest BCUT2D eigenvalue weighted by Crippen LogP contribution is -2.39. The van der Waals surface area contributed by atoms with Crippen molar-refractivity contribution in [3.05, 3.63) is 64.1 Å². The van der Waals surface area contributed by atoms with Crippen molar-refractivity contribution in [2.45, 2.75) is 25.0 Å². The molecule has 31 heavy (non-hydrogen) atoms. The first-order valence-electron chi connectivity index (χ1n) is 10.5. The number of aliphatic hydroxyl groups excluding tert-OH is 1. The van der Waals surface area contributed by atoms with Crippen LogP contribution in [0.5, 0.6) is 5.75 Å². The Bertz CT molecular complexity index is 1130. The third kappa shape index (κ3) is 4.22. The number of rotatable bonds is 6. The molecule has 1 aliphatic heterocycles. The average Bonchev–Trinajstić information content (AvgIpc) is 3.14. The Hall–Kier alpha value is -3.10. The maximum atomic E-state index is 12.5. The van der Waals surface area contributed by atoms with Gasteiger partial charge < -0.3 is 25.0 Å². The number of aliphatic hydroxyl groups is 1. The fourth-order valence-electron chi connectivity index (χ4n) is 4.39. The highest BCUT2D eigenvalue weighted by molar-refractivity contribution is 5.97. The van der Waals surface area contributed by atoms with E-state index in [1.165, 1.54) is 7.11 Å². The van der Waals surface area contributed by atoms with Gasteiger partial charge in [0.25, 0.3) is 5.91 Å². The zero-order chi connectivity index (χ0) is 22.0. The quantitative estimate of drug-likeness (QED) is 0.563. The molecule has 4 rings (SSSR count). The van der Waals surface area contributed by atoms with E-state index in [4.69, 9.17) is 4.74 Å². The fraction of sp³-hybridized carbons (Fsp3) is 0.391. The van der Waals surface area contributed by atoms with Gasteiger partial charge in [-0.05, 0) is 42.7 Å². The Balaban J connectivity index is 1.42. The first kappa shape index (κ1) is 21.1. The summed E-state index contributed by atoms with van der Waals surface area (Å²) in [7, 11) is 3.08. The number of para-hydroxylation sites is 2. The SMILES string of the molecule is CNC(=O)c1cc(C(O)CN2CCC(n3c(=O)[nH]c4ccccc43)CC2)ccc1OC. The molecule has 1 amide bonds. The maximum absolute atomic E-state index is 12.5. The number of carbonyl (C=O) groups is 1. The van der Waals surface area contributed by atoms with Crippen LogP contribution in [0.15, 0.2) is 47.3 Å². The number of nitrogens with one attached hydrogen (secondary N) is 2. The van der Waals surface area contributed by atoms with E-state index in [0.29, 0.717) is 23.4 Å². The van der Waals surface area contributed by atoms with E-state index < -0.39 is 6.10 Å². The van der Waals surface area contributed by atoms with Crippen LogP contribution >= 0.6 is 0 Å². The number of fused-ring (bicyclic) bond motifs is 1. The van der Waals surface area contributed by atoms with Gasteiger partial charge in [0.1, 0.15) is 5.75 Å². The average molecular weight is 425 g/mol. The minimum absolute atomic E-state index is 0.0698. The van der Waals surface area contributed by atoms with Crippen molar-refractivity contribution in [2.75, 3.05) is 33.8 Å². The maximum Gasteiger partial charge on any atom is 0.326 e. The van der Waals surface area contributed by atoms with Crippen molar-refractivity contribution in [3.8, 4) is 5.75 Å². The molecule has 1 unspecified atom stereocenters. The van der Waals surface area contributed by atoms with Crippen molar-refractivity contribution in [1.82, 2.24) is 19.8 Å². The first-order valence-corrected chi connectivity index (χ1v) is 10.5. The molecule has 0 radical (unpaired) electrons. The Morgan fingerprint density at radius 1 is 1.26 bits per heavy atom. The van der Waals surface area contributed by atoms with Gasteiger partial charge in [-0.3, -0.25) is 9.36 Å². The van der Waals surface area contributed by atoms with Crippen molar-refractivity contribution in [3.63, 3.8) is 0 Å². The molecule has 8 heteroatoms. The largest absolute Gasteiger partial charge is 0.496 e. The highest BCUT2D eigenvalue weighted by atomic mass is 16.5. The second kappa shape index (κ2) is 8.95. The van der Waals surface area contributed by atoms with E-state index in [0.717, 1.165) is 37.0 Å². The van der Waals surface area contributed by atoms with Gasteiger partial charge in [-0.2, -0.15) is 0 Å². The molecule has 164 valence electrons. The molecule has 0 bridgehead atoms. The molecule has 3 N–H and O–H groups in total. The summed E-state index contributed by atoms with van der Waals surface area (Å²) in [5.74, 6) is 0.219. The normalized spacial score (nSPS) is 16.4. The number of aromatic amines is 1. The Labute approximate surface area is 180 Å². The van der Waals surface area contributed by atoms with E-state index in [1.807, 2.05) is 28.8 Å². The summed E-state index contributed by atoms with van der Waals surface area (Å²) in [5, 5.41) is 13.4. The number of hydrogen-bond acceptors (Lipinski definition) is 5. The lowest BCUT2D eigenvalue weighted by molar-refractivity contribution is 0.0902. The smallest absolute Gasteiger partial charge is 0.326 e. The lowest BCUT2D eigenvalue weighted by atomic mass is 10.0. The number of hydrogen-bond donors (Lipinski definition) is 3. The second-order valence-electron chi connectivity index (χ2n) is 7.90. The van der Waals surface area contributed by atoms with Gasteiger partial charge in [-0.25, -0.2) is 4.79 Å². The molecule has 1 saturated heterocycles. The van der Waals surface area contributed by atoms with Crippen molar-refractivity contribution < 1.29 is 14.6 Å². The molecule has 2 heterocycles. The zero-order valence-corrected chi connectivity index (χ0v) is 17.8. The second-order valence-corrected chi connectivity index (χ2v) is 7.90. The number of benzene rings is 2. The molecular formula is C23H28N4O4. The number of methoxy groups -OCH3 is 1. The molecule has 0 spiro atoms. The van der Waals surface area contributed by atoms with E-state index in [-0.39, 0.29) is 17.6 Å². The number of ether oxygens (including phenoxy) is 1. The molecule has 2 aromatic carbocycles. The monoisotopic (exact) mass is 424 g/mol. The summed E-state index contributed by atoms with van der Waals surface area (Å²) in [6.07, 6.45) is 0.947. The first-order chi connectivity index (χ1) is 15.0. The van der Waals surface area contributed by atoms with Crippen LogP contribution in [-0.4, -0.2) is 59.3 Å². The van der Waals surface area contributed by atoms with Crippen LogP contribution in [0, 0.1) is 0 Å². The van der Waals surface area contributed by atoms with E-state index in [1.54, 1.807) is 25.2 Å². The van der Waals surface area contributed by atoms with E-state index in [2.05, 4.69) is 15.2 Å². The van der Waals surface area contributed by atoms with E-state index in [9.17, 15) is 14.7 Å². The zero-order valence-electron chi connectivity index (χ0n) is 17.8. The number of imidazole rings is 1. The lowest BCUT2D eigenvalue weighted by Gasteiger charge is -2.33. The van der Waals surface area contributed by atoms with Gasteiger partial charge in [0.05, 0.1) is 29.8 Å². The van der Waals surface area contributed by atoms with Gasteiger partial charge in [0.2, 0.25) is 0 Å². The summed E-state index contributed by atoms with van der Waals surface area (Å²) < 4.78 is 7.12. The number of carbonyl (C=O) groups excluding carboxylic acids is 1. The van der Waals surface area contributed by atoms with Crippen LogP contribution in [0.3, 0.4) is 0 Å². The third-order valence-electron chi connectivity index (χ3n) is 6.06. The predicted octanol–water partition coefficient (Wildman–Crippen LogP) is 2.07. The molecular weight excluding hydrogens is 396 g/mol. The summed E-state index contributed by atoms with van der Waals surface area (Å²) in [4.78, 5) is 29.7. The molecule has 1 atom stereocenters. The predicted molar refractivity (Wildman–Crippen MR) is 119 cm³/mol. The number of aromatic nitrogens is 2. The number of piperidine rings is 1. The van der Waals surface area contributed by atoms with Crippen LogP contribution < -0.4 is 15.7 Å². The topological polar surface area (TPSA) is 99.6 Å². The summed E-state index contributed by atoms with van der Waals surface area (Å²) in [5.41, 5.74) is 2.80. The molecule has 3 aromatic rings. The Morgan fingerprint density at radius 3 is 2.71 bits per heavy atom. The molecule has 0 aliphatic carbocycles. The van der Waals surface area contributed by atoms with Gasteiger partial charge >= 0.3 is 5.69 Å². The van der Waals surface area contributed by atoms with Gasteiger partial charge in [0.15, 0.2) is 0 Å². The fourth-order valence-corrected chi connectivity index (χ4v) is 4.39. The molecule has 8 nitrogen and oxygen atoms in total. The number of amides is 1. The van der Waals surface area contributed by atoms with Gasteiger partial charge in [-0.15, -0.1) is 0 Å². The van der Waals surface area contributed by atoms with Crippen molar-refractivity contribution in [2.24, 2.45) is 0 Å². The minimum Gasteiger partial charge on any atom is -0.496 e. The van der Waals surface area contributed by atoms with Gasteiger partial charge in [-0.1, -0.05) is 18.2 Å². The minimum atomic E-state index is -0.721. The van der Waals surface area contributed by atoms with Crippen LogP contribution in [0.1, 0.15) is 40.9 Å². The number of β-amino-alcohol motifs (C(OH)–C–C–N with tert-alkyl or cyclic N) is 1. The standard InChI is InChI=1S/C23H28N4O4/c1-24-22(29)17-13-15(7-8-21(17)31-2)20(28)14-26-11-9-16(10-12-26)27-19-6-4-3-5-18(19)25-23(27)30/h3-8,13,16,20,28H,9-12,14H2,1-2H3,(H,24,29)(H,25,30). The third-order valence-corrected chi connectivity index (χ3v) is 6.06. The molecule has 0 saturated carbocycles. The number of nitrogens with zero attached hydrogens (tertiary/aromatic N) is 2. The number of likely N-dealkylation sites (tertiary alicyclic amines) is 1. The van der Waals surface area contributed by atoms with Crippen LogP contribution in [-0.2, 0) is 0 Å². The molecule has 1 fully saturated rings. The van der Waals surface area contributed by atoms with Crippen LogP contribution in [0.2, 0.25) is 0 Å². The van der Waals surface area contributed by atoms with Crippen LogP contribution in [0.25, 0.3) is 11.0 Å². The van der Waals surface area contributed by atoms with Crippen molar-refractivity contribution in [1.29, 1.82) is 0 Å². The number of H-pyrrole nitrogens is 1. The highest BCUT2D eigenvalue weighted by Gasteiger charge is 2.25. The molecule has 1 aliphatic rings. The summed E-state index contributed by atoms with van der Waals surface area (Å²) >= 11 is 0. The van der Waals surface area contributed by atoms with Crippen molar-refractivity contribution >= 4 is 16.9 Å². The highest BCUT2D eigenvalue weighted by Crippen LogP contribution is 2.28. The van der Waals surface area contributed by atoms with E-state index >= 15 is 0 Å². The summed E-state index contributed by atoms with van der Waals surface area (Å²) in [6.45, 7) is 2.03. The van der Waals surface area contributed by atoms with Gasteiger partial charge in [0, 0.05) is 32.7 Å².